The van der Waals surface area contributed by atoms with E-state index in [-0.39, 0.29) is 6.04 Å². The van der Waals surface area contributed by atoms with E-state index in [2.05, 4.69) is 0 Å². The number of halogens is 1. The number of nitrogens with two attached hydrogens (primary N) is 2. The molecule has 5 heteroatoms. The highest BCUT2D eigenvalue weighted by molar-refractivity contribution is 6.30. The minimum Gasteiger partial charge on any atom is -0.481 e. The molecule has 2 unspecified atom stereocenters. The number of carbonyl (C=O) groups is 1. The summed E-state index contributed by atoms with van der Waals surface area (Å²) in [6.07, 6.45) is -0.0514. The Kier molecular flexibility index (Phi) is 4.78. The molecule has 0 spiro atoms. The maximum atomic E-state index is 11.0. The number of hydrogen-bond acceptors (Lipinski definition) is 3. The van der Waals surface area contributed by atoms with Gasteiger partial charge >= 0.3 is 0 Å². The smallest absolute Gasteiger partial charge is 0.258 e. The van der Waals surface area contributed by atoms with Crippen molar-refractivity contribution in [3.8, 4) is 5.75 Å². The molecule has 0 radical (unpaired) electrons. The molecule has 17 heavy (non-hydrogen) atoms. The number of amides is 1. The second-order valence-corrected chi connectivity index (χ2v) is 4.53. The van der Waals surface area contributed by atoms with Crippen molar-refractivity contribution in [2.75, 3.05) is 0 Å². The molecule has 4 N–H and O–H groups in total. The Bertz CT molecular complexity index is 407. The third-order valence-corrected chi connectivity index (χ3v) is 2.50. The van der Waals surface area contributed by atoms with Gasteiger partial charge in [-0.05, 0) is 44.0 Å². The Morgan fingerprint density at radius 3 is 2.65 bits per heavy atom. The molecule has 0 aliphatic heterocycles. The zero-order valence-electron chi connectivity index (χ0n) is 9.94. The molecule has 1 amide bonds. The Hall–Kier alpha value is -1.26. The van der Waals surface area contributed by atoms with Crippen LogP contribution in [0.25, 0.3) is 0 Å². The van der Waals surface area contributed by atoms with E-state index in [4.69, 9.17) is 27.8 Å². The molecule has 1 aromatic rings. The highest BCUT2D eigenvalue weighted by atomic mass is 35.5. The minimum atomic E-state index is -0.678. The summed E-state index contributed by atoms with van der Waals surface area (Å²) in [5.41, 5.74) is 11.8. The van der Waals surface area contributed by atoms with Crippen LogP contribution >= 0.6 is 11.6 Å². The van der Waals surface area contributed by atoms with E-state index < -0.39 is 12.0 Å². The molecule has 4 nitrogen and oxygen atoms in total. The fourth-order valence-corrected chi connectivity index (χ4v) is 1.61. The van der Waals surface area contributed by atoms with Crippen LogP contribution in [0, 0.1) is 0 Å². The number of primary amides is 1. The molecular formula is C12H17ClN2O2. The summed E-state index contributed by atoms with van der Waals surface area (Å²) >= 11 is 5.91. The van der Waals surface area contributed by atoms with Gasteiger partial charge in [-0.2, -0.15) is 0 Å². The molecule has 94 valence electrons. The van der Waals surface area contributed by atoms with E-state index in [1.807, 2.05) is 6.92 Å². The highest BCUT2D eigenvalue weighted by Gasteiger charge is 2.14. The van der Waals surface area contributed by atoms with Crippen LogP contribution in [-0.2, 0) is 11.2 Å². The van der Waals surface area contributed by atoms with Crippen LogP contribution in [-0.4, -0.2) is 18.1 Å². The Morgan fingerprint density at radius 1 is 1.47 bits per heavy atom. The van der Waals surface area contributed by atoms with E-state index in [1.54, 1.807) is 25.1 Å². The van der Waals surface area contributed by atoms with Crippen LogP contribution in [0.4, 0.5) is 0 Å². The molecule has 0 heterocycles. The number of hydrogen-bond donors (Lipinski definition) is 2. The van der Waals surface area contributed by atoms with Gasteiger partial charge in [0.05, 0.1) is 0 Å². The van der Waals surface area contributed by atoms with E-state index in [9.17, 15) is 4.79 Å². The lowest BCUT2D eigenvalue weighted by Crippen LogP contribution is -2.31. The summed E-state index contributed by atoms with van der Waals surface area (Å²) in [7, 11) is 0. The van der Waals surface area contributed by atoms with Gasteiger partial charge in [0.15, 0.2) is 6.10 Å². The van der Waals surface area contributed by atoms with E-state index >= 15 is 0 Å². The number of benzene rings is 1. The lowest BCUT2D eigenvalue weighted by molar-refractivity contribution is -0.123. The van der Waals surface area contributed by atoms with Crippen LogP contribution in [0.2, 0.25) is 5.02 Å². The topological polar surface area (TPSA) is 78.3 Å². The third kappa shape index (κ3) is 4.24. The fourth-order valence-electron chi connectivity index (χ4n) is 1.42. The highest BCUT2D eigenvalue weighted by Crippen LogP contribution is 2.25. The summed E-state index contributed by atoms with van der Waals surface area (Å²) in [4.78, 5) is 11.0. The van der Waals surface area contributed by atoms with Crippen molar-refractivity contribution < 1.29 is 9.53 Å². The average molecular weight is 257 g/mol. The normalized spacial score (nSPS) is 14.1. The number of ether oxygens (including phenoxy) is 1. The Balaban J connectivity index is 2.93. The molecule has 1 rings (SSSR count). The van der Waals surface area contributed by atoms with Crippen LogP contribution in [0.5, 0.6) is 5.75 Å². The average Bonchev–Trinajstić information content (AvgIpc) is 2.20. The fraction of sp³-hybridized carbons (Fsp3) is 0.417. The van der Waals surface area contributed by atoms with Crippen LogP contribution in [0.3, 0.4) is 0 Å². The van der Waals surface area contributed by atoms with Crippen molar-refractivity contribution >= 4 is 17.5 Å². The first-order valence-corrected chi connectivity index (χ1v) is 5.78. The van der Waals surface area contributed by atoms with Crippen LogP contribution < -0.4 is 16.2 Å². The van der Waals surface area contributed by atoms with E-state index in [0.29, 0.717) is 17.2 Å². The van der Waals surface area contributed by atoms with E-state index in [0.717, 1.165) is 5.56 Å². The summed E-state index contributed by atoms with van der Waals surface area (Å²) in [6.45, 7) is 3.49. The lowest BCUT2D eigenvalue weighted by atomic mass is 10.1. The first-order chi connectivity index (χ1) is 7.90. The van der Waals surface area contributed by atoms with Gasteiger partial charge in [-0.1, -0.05) is 11.6 Å². The predicted octanol–water partition coefficient (Wildman–Crippen LogP) is 1.48. The van der Waals surface area contributed by atoms with Gasteiger partial charge in [-0.3, -0.25) is 4.79 Å². The first-order valence-electron chi connectivity index (χ1n) is 5.40. The van der Waals surface area contributed by atoms with Crippen molar-refractivity contribution in [1.82, 2.24) is 0 Å². The van der Waals surface area contributed by atoms with Gasteiger partial charge in [-0.15, -0.1) is 0 Å². The molecule has 1 aromatic carbocycles. The molecule has 0 aliphatic carbocycles. The zero-order chi connectivity index (χ0) is 13.0. The van der Waals surface area contributed by atoms with Gasteiger partial charge in [0.25, 0.3) is 5.91 Å². The monoisotopic (exact) mass is 256 g/mol. The molecule has 0 saturated carbocycles. The molecule has 0 aliphatic rings. The van der Waals surface area contributed by atoms with Gasteiger partial charge in [0, 0.05) is 11.1 Å². The van der Waals surface area contributed by atoms with Crippen molar-refractivity contribution in [2.45, 2.75) is 32.4 Å². The summed E-state index contributed by atoms with van der Waals surface area (Å²) in [5, 5.41) is 0.611. The molecular weight excluding hydrogens is 240 g/mol. The number of rotatable bonds is 5. The summed E-state index contributed by atoms with van der Waals surface area (Å²) < 4.78 is 5.47. The minimum absolute atomic E-state index is 0.0142. The maximum absolute atomic E-state index is 11.0. The number of carbonyl (C=O) groups excluding carboxylic acids is 1. The van der Waals surface area contributed by atoms with E-state index in [1.165, 1.54) is 0 Å². The lowest BCUT2D eigenvalue weighted by Gasteiger charge is -2.16. The molecule has 2 atom stereocenters. The second kappa shape index (κ2) is 5.89. The largest absolute Gasteiger partial charge is 0.481 e. The Morgan fingerprint density at radius 2 is 2.12 bits per heavy atom. The molecule has 0 fully saturated rings. The Labute approximate surface area is 106 Å². The standard InChI is InChI=1S/C12H17ClN2O2/c1-7(14)5-9-6-10(13)3-4-11(9)17-8(2)12(15)16/h3-4,6-8H,5,14H2,1-2H3,(H2,15,16). The van der Waals surface area contributed by atoms with Crippen molar-refractivity contribution in [3.63, 3.8) is 0 Å². The maximum Gasteiger partial charge on any atom is 0.258 e. The second-order valence-electron chi connectivity index (χ2n) is 4.10. The summed E-state index contributed by atoms with van der Waals surface area (Å²) in [6, 6.07) is 5.20. The summed E-state index contributed by atoms with van der Waals surface area (Å²) in [5.74, 6) is 0.0877. The van der Waals surface area contributed by atoms with Gasteiger partial charge in [-0.25, -0.2) is 0 Å². The van der Waals surface area contributed by atoms with Gasteiger partial charge < -0.3 is 16.2 Å². The van der Waals surface area contributed by atoms with Crippen molar-refractivity contribution in [2.24, 2.45) is 11.5 Å². The molecule has 0 saturated heterocycles. The molecule has 0 aromatic heterocycles. The van der Waals surface area contributed by atoms with Gasteiger partial charge in [0.1, 0.15) is 5.75 Å². The zero-order valence-corrected chi connectivity index (χ0v) is 10.7. The van der Waals surface area contributed by atoms with Gasteiger partial charge in [0.2, 0.25) is 0 Å². The van der Waals surface area contributed by atoms with Crippen molar-refractivity contribution in [1.29, 1.82) is 0 Å². The first kappa shape index (κ1) is 13.8. The molecule has 0 bridgehead atoms. The van der Waals surface area contributed by atoms with Crippen LogP contribution in [0.1, 0.15) is 19.4 Å². The van der Waals surface area contributed by atoms with Crippen molar-refractivity contribution in [3.05, 3.63) is 28.8 Å². The predicted molar refractivity (Wildman–Crippen MR) is 68.1 cm³/mol. The quantitative estimate of drug-likeness (QED) is 0.838. The SMILES string of the molecule is CC(N)Cc1cc(Cl)ccc1OC(C)C(N)=O. The third-order valence-electron chi connectivity index (χ3n) is 2.27. The van der Waals surface area contributed by atoms with Crippen LogP contribution in [0.15, 0.2) is 18.2 Å².